The Kier molecular flexibility index (Phi) is 62.3. The van der Waals surface area contributed by atoms with E-state index in [0.717, 1.165) is 77.0 Å². The number of hydrogen-bond donors (Lipinski definition) is 9. The van der Waals surface area contributed by atoms with Crippen LogP contribution >= 0.6 is 0 Å². The third kappa shape index (κ3) is 49.5. The monoisotopic (exact) mass is 1380 g/mol. The van der Waals surface area contributed by atoms with Crippen LogP contribution < -0.4 is 5.32 Å². The maximum atomic E-state index is 13.4. The van der Waals surface area contributed by atoms with Crippen molar-refractivity contribution in [1.82, 2.24) is 5.32 Å². The van der Waals surface area contributed by atoms with Crippen LogP contribution in [0, 0.1) is 0 Å². The highest BCUT2D eigenvalue weighted by molar-refractivity contribution is 5.76. The van der Waals surface area contributed by atoms with E-state index in [1.165, 1.54) is 225 Å². The number of unbranched alkanes of at least 4 members (excludes halogenated alkanes) is 40. The van der Waals surface area contributed by atoms with Gasteiger partial charge in [0.15, 0.2) is 12.6 Å². The lowest BCUT2D eigenvalue weighted by Crippen LogP contribution is -2.65. The molecule has 2 saturated heterocycles. The quantitative estimate of drug-likeness (QED) is 0.0204. The van der Waals surface area contributed by atoms with Crippen LogP contribution in [0.5, 0.6) is 0 Å². The van der Waals surface area contributed by atoms with Gasteiger partial charge in [-0.2, -0.15) is 0 Å². The van der Waals surface area contributed by atoms with E-state index in [4.69, 9.17) is 18.9 Å². The maximum Gasteiger partial charge on any atom is 0.220 e. The second-order valence-corrected chi connectivity index (χ2v) is 28.1. The summed E-state index contributed by atoms with van der Waals surface area (Å²) >= 11 is 0. The van der Waals surface area contributed by atoms with Gasteiger partial charge in [-0.3, -0.25) is 4.79 Å². The average Bonchev–Trinajstić information content (AvgIpc) is 0.797. The molecule has 14 nitrogen and oxygen atoms in total. The first-order valence-electron chi connectivity index (χ1n) is 40.5. The summed E-state index contributed by atoms with van der Waals surface area (Å²) in [6.07, 6.45) is 79.2. The zero-order valence-corrected chi connectivity index (χ0v) is 62.3. The third-order valence-corrected chi connectivity index (χ3v) is 19.2. The molecule has 98 heavy (non-hydrogen) atoms. The van der Waals surface area contributed by atoms with Crippen molar-refractivity contribution < 1.29 is 64.6 Å². The van der Waals surface area contributed by atoms with Crippen molar-refractivity contribution in [2.45, 2.75) is 408 Å². The SMILES string of the molecule is CC/C=C\C/C=C\C/C=C\C/C=C\C/C=C\CCCCCCCCCCCCCCCCCCCCCC(=O)NC(COC1OC(CO)C(OC2OC(CO)C(O)C(O)C2O)C(O)C1O)C(O)/C=C/CC/C=C/CC/C=C/CCCCCCCCCCCCCCCCCCCCC. The lowest BCUT2D eigenvalue weighted by molar-refractivity contribution is -0.359. The van der Waals surface area contributed by atoms with Gasteiger partial charge in [0.1, 0.15) is 48.8 Å². The predicted octanol–water partition coefficient (Wildman–Crippen LogP) is 18.5. The first-order valence-corrected chi connectivity index (χ1v) is 40.5. The van der Waals surface area contributed by atoms with Gasteiger partial charge in [-0.1, -0.05) is 336 Å². The number of carbonyl (C=O) groups excluding carboxylic acids is 1. The first kappa shape index (κ1) is 91.0. The largest absolute Gasteiger partial charge is 0.394 e. The minimum Gasteiger partial charge on any atom is -0.394 e. The number of aliphatic hydroxyl groups excluding tert-OH is 8. The Labute approximate surface area is 598 Å². The number of carbonyl (C=O) groups is 1. The molecule has 2 heterocycles. The van der Waals surface area contributed by atoms with Gasteiger partial charge in [0.05, 0.1) is 32.0 Å². The molecule has 14 heteroatoms. The number of nitrogens with one attached hydrogen (secondary N) is 1. The number of ether oxygens (including phenoxy) is 4. The van der Waals surface area contributed by atoms with Crippen molar-refractivity contribution in [3.8, 4) is 0 Å². The van der Waals surface area contributed by atoms with Crippen molar-refractivity contribution >= 4 is 5.91 Å². The van der Waals surface area contributed by atoms with Crippen LogP contribution in [0.25, 0.3) is 0 Å². The van der Waals surface area contributed by atoms with Gasteiger partial charge in [-0.05, 0) is 89.9 Å². The van der Waals surface area contributed by atoms with Gasteiger partial charge in [0.2, 0.25) is 5.91 Å². The summed E-state index contributed by atoms with van der Waals surface area (Å²) in [5.74, 6) is -0.251. The molecule has 12 unspecified atom stereocenters. The Morgan fingerprint density at radius 2 is 0.714 bits per heavy atom. The molecule has 568 valence electrons. The minimum absolute atomic E-state index is 0.251. The molecule has 1 amide bonds. The number of aliphatic hydroxyl groups is 8. The van der Waals surface area contributed by atoms with Crippen molar-refractivity contribution in [1.29, 1.82) is 0 Å². The Hall–Kier alpha value is -3.09. The summed E-state index contributed by atoms with van der Waals surface area (Å²) in [5, 5.41) is 87.7. The molecular weight excluding hydrogens is 1230 g/mol. The molecule has 0 saturated carbocycles. The Balaban J connectivity index is 1.63. The van der Waals surface area contributed by atoms with Gasteiger partial charge in [0, 0.05) is 6.42 Å². The van der Waals surface area contributed by atoms with Crippen molar-refractivity contribution in [2.75, 3.05) is 19.8 Å². The molecule has 0 aromatic carbocycles. The molecule has 2 aliphatic heterocycles. The molecule has 0 aliphatic carbocycles. The molecular formula is C84H149NO13. The van der Waals surface area contributed by atoms with Gasteiger partial charge >= 0.3 is 0 Å². The fourth-order valence-corrected chi connectivity index (χ4v) is 12.9. The fraction of sp³-hybridized carbons (Fsp3) is 0.798. The van der Waals surface area contributed by atoms with E-state index >= 15 is 0 Å². The zero-order valence-electron chi connectivity index (χ0n) is 62.3. The standard InChI is InChI=1S/C84H149NO13/c1-3-5-7-9-11-13-15-17-19-21-23-25-27-29-31-33-34-35-36-37-38-40-42-44-46-48-50-52-54-56-58-60-62-64-66-68-76(89)85-72(71-95-83-81(94)79(92)82(75(70-87)97-83)98-84-80(93)78(91)77(90)74(69-86)96-84)73(88)67-65-63-61-59-57-55-53-51-49-47-45-43-41-39-32-30-28-26-24-22-20-18-16-14-12-10-8-6-4-2/h5,7,11,13,17,19,23,25,29,31,49,51,57,59,65,67,72-75,77-84,86-88,90-94H,3-4,6,8-10,12,14-16,18,20-22,24,26-28,30,32-48,50,52-56,58,60-64,66,68-71H2,1-2H3,(H,85,89)/b7-5-,13-11-,19-17-,25-23-,31-29-,51-49+,59-57+,67-65+. The predicted molar refractivity (Wildman–Crippen MR) is 406 cm³/mol. The average molecular weight is 1380 g/mol. The van der Waals surface area contributed by atoms with Crippen LogP contribution in [0.1, 0.15) is 335 Å². The van der Waals surface area contributed by atoms with E-state index in [1.54, 1.807) is 6.08 Å². The maximum absolute atomic E-state index is 13.4. The van der Waals surface area contributed by atoms with E-state index in [2.05, 4.69) is 104 Å². The van der Waals surface area contributed by atoms with Gasteiger partial charge in [0.25, 0.3) is 0 Å². The topological polar surface area (TPSA) is 228 Å². The van der Waals surface area contributed by atoms with E-state index in [1.807, 2.05) is 6.08 Å². The zero-order chi connectivity index (χ0) is 70.8. The van der Waals surface area contributed by atoms with Crippen LogP contribution in [0.15, 0.2) is 97.2 Å². The summed E-state index contributed by atoms with van der Waals surface area (Å²) < 4.78 is 22.9. The molecule has 0 aromatic heterocycles. The van der Waals surface area contributed by atoms with Gasteiger partial charge < -0.3 is 65.1 Å². The summed E-state index contributed by atoms with van der Waals surface area (Å²) in [6.45, 7) is 2.70. The highest BCUT2D eigenvalue weighted by atomic mass is 16.7. The van der Waals surface area contributed by atoms with Crippen molar-refractivity contribution in [3.05, 3.63) is 97.2 Å². The summed E-state index contributed by atoms with van der Waals surface area (Å²) in [6, 6.07) is -0.944. The number of allylic oxidation sites excluding steroid dienone is 15. The van der Waals surface area contributed by atoms with E-state index in [9.17, 15) is 45.6 Å². The molecule has 0 aromatic rings. The van der Waals surface area contributed by atoms with Crippen LogP contribution in [-0.2, 0) is 23.7 Å². The number of amides is 1. The molecule has 9 N–H and O–H groups in total. The summed E-state index contributed by atoms with van der Waals surface area (Å²) in [4.78, 5) is 13.4. The van der Waals surface area contributed by atoms with Crippen molar-refractivity contribution in [3.63, 3.8) is 0 Å². The highest BCUT2D eigenvalue weighted by Crippen LogP contribution is 2.30. The smallest absolute Gasteiger partial charge is 0.220 e. The van der Waals surface area contributed by atoms with E-state index in [0.29, 0.717) is 12.8 Å². The first-order chi connectivity index (χ1) is 48.1. The Morgan fingerprint density at radius 3 is 1.12 bits per heavy atom. The second kappa shape index (κ2) is 67.1. The lowest BCUT2D eigenvalue weighted by Gasteiger charge is -2.46. The molecule has 12 atom stereocenters. The second-order valence-electron chi connectivity index (χ2n) is 28.1. The van der Waals surface area contributed by atoms with E-state index < -0.39 is 86.8 Å². The number of rotatable bonds is 67. The summed E-state index contributed by atoms with van der Waals surface area (Å²) in [7, 11) is 0. The highest BCUT2D eigenvalue weighted by Gasteiger charge is 2.51. The molecule has 2 rings (SSSR count). The molecule has 0 spiro atoms. The van der Waals surface area contributed by atoms with Crippen LogP contribution in [0.3, 0.4) is 0 Å². The third-order valence-electron chi connectivity index (χ3n) is 19.2. The summed E-state index contributed by atoms with van der Waals surface area (Å²) in [5.41, 5.74) is 0. The fourth-order valence-electron chi connectivity index (χ4n) is 12.9. The van der Waals surface area contributed by atoms with Gasteiger partial charge in [-0.25, -0.2) is 0 Å². The van der Waals surface area contributed by atoms with Gasteiger partial charge in [-0.15, -0.1) is 0 Å². The molecule has 2 fully saturated rings. The molecule has 0 radical (unpaired) electrons. The van der Waals surface area contributed by atoms with Crippen LogP contribution in [-0.4, -0.2) is 140 Å². The normalized spacial score (nSPS) is 22.6. The van der Waals surface area contributed by atoms with E-state index in [-0.39, 0.29) is 18.9 Å². The van der Waals surface area contributed by atoms with Crippen LogP contribution in [0.4, 0.5) is 0 Å². The van der Waals surface area contributed by atoms with Crippen molar-refractivity contribution in [2.24, 2.45) is 0 Å². The lowest BCUT2D eigenvalue weighted by atomic mass is 9.97. The van der Waals surface area contributed by atoms with Crippen LogP contribution in [0.2, 0.25) is 0 Å². The Morgan fingerprint density at radius 1 is 0.378 bits per heavy atom. The minimum atomic E-state index is -1.80. The molecule has 2 aliphatic rings. The molecule has 0 bridgehead atoms. The number of hydrogen-bond acceptors (Lipinski definition) is 13. The Bertz CT molecular complexity index is 2020.